The molecule has 17 heavy (non-hydrogen) atoms. The number of halogens is 1. The maximum atomic E-state index is 10.7. The van der Waals surface area contributed by atoms with Crippen LogP contribution in [0.15, 0.2) is 18.2 Å². The molecule has 0 aliphatic heterocycles. The summed E-state index contributed by atoms with van der Waals surface area (Å²) in [6, 6.07) is 4.75. The molecule has 6 heteroatoms. The van der Waals surface area contributed by atoms with E-state index in [9.17, 15) is 10.1 Å². The molecule has 0 saturated heterocycles. The lowest BCUT2D eigenvalue weighted by molar-refractivity contribution is -0.385. The summed E-state index contributed by atoms with van der Waals surface area (Å²) in [7, 11) is 0. The number of nitrogens with zero attached hydrogens (tertiary/aromatic N) is 1. The van der Waals surface area contributed by atoms with Crippen LogP contribution in [0.2, 0.25) is 0 Å². The van der Waals surface area contributed by atoms with Crippen LogP contribution in [0.5, 0.6) is 0 Å². The number of nitro groups is 1. The van der Waals surface area contributed by atoms with Gasteiger partial charge in [-0.1, -0.05) is 12.1 Å². The molecule has 1 atom stereocenters. The van der Waals surface area contributed by atoms with Gasteiger partial charge in [0.15, 0.2) is 0 Å². The Kier molecular flexibility index (Phi) is 6.72. The van der Waals surface area contributed by atoms with Crippen molar-refractivity contribution in [3.8, 4) is 0 Å². The zero-order valence-electron chi connectivity index (χ0n) is 9.63. The van der Waals surface area contributed by atoms with Crippen molar-refractivity contribution in [2.24, 2.45) is 5.73 Å². The van der Waals surface area contributed by atoms with Crippen LogP contribution in [-0.2, 0) is 0 Å². The van der Waals surface area contributed by atoms with Crippen molar-refractivity contribution in [2.45, 2.75) is 25.8 Å². The topological polar surface area (TPSA) is 89.4 Å². The molecule has 0 aromatic heterocycles. The fraction of sp³-hybridized carbons (Fsp3) is 0.455. The smallest absolute Gasteiger partial charge is 0.272 e. The second-order valence-electron chi connectivity index (χ2n) is 3.78. The zero-order valence-corrected chi connectivity index (χ0v) is 10.4. The Morgan fingerprint density at radius 1 is 1.53 bits per heavy atom. The standard InChI is InChI=1S/C11H16N2O3.ClH/c1-8-4-5-9(7-11(8)13(15)16)10(12)3-2-6-14;/h4-5,7,10,14H,2-3,6,12H2,1H3;1H/t10-;/m0./s1. The molecule has 0 saturated carbocycles. The van der Waals surface area contributed by atoms with Gasteiger partial charge in [-0.25, -0.2) is 0 Å². The second kappa shape index (κ2) is 7.21. The Balaban J connectivity index is 0.00000256. The second-order valence-corrected chi connectivity index (χ2v) is 3.78. The van der Waals surface area contributed by atoms with Crippen molar-refractivity contribution < 1.29 is 10.0 Å². The fourth-order valence-electron chi connectivity index (χ4n) is 1.53. The third-order valence-electron chi connectivity index (χ3n) is 2.53. The minimum atomic E-state index is -0.405. The predicted molar refractivity (Wildman–Crippen MR) is 68.3 cm³/mol. The van der Waals surface area contributed by atoms with Crippen LogP contribution in [0.1, 0.15) is 30.0 Å². The van der Waals surface area contributed by atoms with Gasteiger partial charge in [0.1, 0.15) is 0 Å². The van der Waals surface area contributed by atoms with E-state index in [1.165, 1.54) is 6.07 Å². The van der Waals surface area contributed by atoms with Crippen molar-refractivity contribution in [1.29, 1.82) is 0 Å². The van der Waals surface area contributed by atoms with Crippen molar-refractivity contribution >= 4 is 18.1 Å². The van der Waals surface area contributed by atoms with Crippen LogP contribution in [0.3, 0.4) is 0 Å². The molecule has 1 aromatic carbocycles. The first-order valence-electron chi connectivity index (χ1n) is 5.17. The van der Waals surface area contributed by atoms with Gasteiger partial charge in [-0.05, 0) is 25.3 Å². The number of rotatable bonds is 5. The number of hydrogen-bond donors (Lipinski definition) is 2. The van der Waals surface area contributed by atoms with Gasteiger partial charge >= 0.3 is 0 Å². The van der Waals surface area contributed by atoms with Gasteiger partial charge < -0.3 is 10.8 Å². The minimum absolute atomic E-state index is 0. The van der Waals surface area contributed by atoms with Gasteiger partial charge in [0.05, 0.1) is 4.92 Å². The summed E-state index contributed by atoms with van der Waals surface area (Å²) in [5.74, 6) is 0. The molecule has 0 fully saturated rings. The summed E-state index contributed by atoms with van der Waals surface area (Å²) in [6.45, 7) is 1.78. The van der Waals surface area contributed by atoms with Crippen molar-refractivity contribution in [1.82, 2.24) is 0 Å². The summed E-state index contributed by atoms with van der Waals surface area (Å²) in [5.41, 5.74) is 7.33. The molecule has 0 bridgehead atoms. The third-order valence-corrected chi connectivity index (χ3v) is 2.53. The van der Waals surface area contributed by atoms with E-state index in [-0.39, 0.29) is 30.7 Å². The van der Waals surface area contributed by atoms with Crippen molar-refractivity contribution in [3.63, 3.8) is 0 Å². The molecule has 1 rings (SSSR count). The quantitative estimate of drug-likeness (QED) is 0.627. The van der Waals surface area contributed by atoms with Gasteiger partial charge in [0.2, 0.25) is 0 Å². The highest BCUT2D eigenvalue weighted by Gasteiger charge is 2.14. The molecule has 96 valence electrons. The lowest BCUT2D eigenvalue weighted by atomic mass is 10.0. The maximum Gasteiger partial charge on any atom is 0.272 e. The lowest BCUT2D eigenvalue weighted by Crippen LogP contribution is -2.11. The molecular formula is C11H17ClN2O3. The van der Waals surface area contributed by atoms with Crippen molar-refractivity contribution in [2.75, 3.05) is 6.61 Å². The molecule has 5 nitrogen and oxygen atoms in total. The Labute approximate surface area is 106 Å². The molecule has 0 spiro atoms. The maximum absolute atomic E-state index is 10.7. The van der Waals surface area contributed by atoms with E-state index in [1.54, 1.807) is 19.1 Å². The van der Waals surface area contributed by atoms with Crippen molar-refractivity contribution in [3.05, 3.63) is 39.4 Å². The highest BCUT2D eigenvalue weighted by Crippen LogP contribution is 2.24. The predicted octanol–water partition coefficient (Wildman–Crippen LogP) is 2.10. The van der Waals surface area contributed by atoms with Crippen LogP contribution in [0, 0.1) is 17.0 Å². The first-order valence-corrected chi connectivity index (χ1v) is 5.17. The zero-order chi connectivity index (χ0) is 12.1. The summed E-state index contributed by atoms with van der Waals surface area (Å²) in [5, 5.41) is 19.4. The number of benzene rings is 1. The van der Waals surface area contributed by atoms with Crippen LogP contribution < -0.4 is 5.73 Å². The van der Waals surface area contributed by atoms with Gasteiger partial charge in [-0.2, -0.15) is 0 Å². The van der Waals surface area contributed by atoms with E-state index >= 15 is 0 Å². The molecule has 1 aromatic rings. The number of nitrogens with two attached hydrogens (primary N) is 1. The van der Waals surface area contributed by atoms with E-state index in [1.807, 2.05) is 0 Å². The molecule has 0 aliphatic rings. The summed E-state index contributed by atoms with van der Waals surface area (Å²) in [6.07, 6.45) is 1.22. The molecule has 0 heterocycles. The Bertz CT molecular complexity index is 385. The van der Waals surface area contributed by atoms with Crippen LogP contribution >= 0.6 is 12.4 Å². The molecular weight excluding hydrogens is 244 g/mol. The molecule has 0 aliphatic carbocycles. The fourth-order valence-corrected chi connectivity index (χ4v) is 1.53. The highest BCUT2D eigenvalue weighted by molar-refractivity contribution is 5.85. The monoisotopic (exact) mass is 260 g/mol. The Morgan fingerprint density at radius 3 is 2.71 bits per heavy atom. The van der Waals surface area contributed by atoms with Gasteiger partial charge in [-0.3, -0.25) is 10.1 Å². The Hall–Kier alpha value is -1.17. The number of aliphatic hydroxyl groups is 1. The molecule has 0 radical (unpaired) electrons. The number of hydrogen-bond acceptors (Lipinski definition) is 4. The van der Waals surface area contributed by atoms with Gasteiger partial charge in [0.25, 0.3) is 5.69 Å². The SMILES string of the molecule is Cc1ccc([C@@H](N)CCCO)cc1[N+](=O)[O-].Cl. The Morgan fingerprint density at radius 2 is 2.18 bits per heavy atom. The molecule has 0 amide bonds. The largest absolute Gasteiger partial charge is 0.396 e. The molecule has 0 unspecified atom stereocenters. The van der Waals surface area contributed by atoms with E-state index in [0.717, 1.165) is 5.56 Å². The highest BCUT2D eigenvalue weighted by atomic mass is 35.5. The first-order chi connectivity index (χ1) is 7.56. The third kappa shape index (κ3) is 4.30. The van der Waals surface area contributed by atoms with Crippen LogP contribution in [0.4, 0.5) is 5.69 Å². The number of aliphatic hydroxyl groups excluding tert-OH is 1. The summed E-state index contributed by atoms with van der Waals surface area (Å²) in [4.78, 5) is 10.3. The lowest BCUT2D eigenvalue weighted by Gasteiger charge is -2.11. The summed E-state index contributed by atoms with van der Waals surface area (Å²) >= 11 is 0. The van der Waals surface area contributed by atoms with Gasteiger partial charge in [-0.15, -0.1) is 12.4 Å². The minimum Gasteiger partial charge on any atom is -0.396 e. The van der Waals surface area contributed by atoms with Crippen LogP contribution in [0.25, 0.3) is 0 Å². The van der Waals surface area contributed by atoms with E-state index in [4.69, 9.17) is 10.8 Å². The average Bonchev–Trinajstić information content (AvgIpc) is 2.26. The van der Waals surface area contributed by atoms with E-state index < -0.39 is 4.92 Å². The first kappa shape index (κ1) is 15.8. The number of aryl methyl sites for hydroxylation is 1. The normalized spacial score (nSPS) is 11.7. The number of nitro benzene ring substituents is 1. The molecule has 3 N–H and O–H groups in total. The van der Waals surface area contributed by atoms with Crippen LogP contribution in [-0.4, -0.2) is 16.6 Å². The summed E-state index contributed by atoms with van der Waals surface area (Å²) < 4.78 is 0. The van der Waals surface area contributed by atoms with Gasteiger partial charge in [0, 0.05) is 24.3 Å². The van der Waals surface area contributed by atoms with E-state index in [0.29, 0.717) is 18.4 Å². The van der Waals surface area contributed by atoms with E-state index in [2.05, 4.69) is 0 Å². The average molecular weight is 261 g/mol.